The predicted octanol–water partition coefficient (Wildman–Crippen LogP) is 5.70. The zero-order valence-electron chi connectivity index (χ0n) is 19.3. The molecule has 5 rings (SSSR count). The van der Waals surface area contributed by atoms with Crippen molar-refractivity contribution in [2.45, 2.75) is 36.9 Å². The van der Waals surface area contributed by atoms with E-state index in [0.29, 0.717) is 11.0 Å². The summed E-state index contributed by atoms with van der Waals surface area (Å²) in [5.41, 5.74) is 2.77. The summed E-state index contributed by atoms with van der Waals surface area (Å²) >= 11 is 1.38. The van der Waals surface area contributed by atoms with Gasteiger partial charge in [0.15, 0.2) is 11.0 Å². The highest BCUT2D eigenvalue weighted by atomic mass is 32.2. The molecule has 0 N–H and O–H groups in total. The zero-order valence-corrected chi connectivity index (χ0v) is 20.1. The monoisotopic (exact) mass is 487 g/mol. The molecule has 1 atom stereocenters. The smallest absolute Gasteiger partial charge is 0.233 e. The number of nitrogens with zero attached hydrogens (tertiary/aromatic N) is 5. The Bertz CT molecular complexity index is 1260. The van der Waals surface area contributed by atoms with E-state index in [9.17, 15) is 9.18 Å². The molecule has 3 heterocycles. The zero-order chi connectivity index (χ0) is 24.0. The van der Waals surface area contributed by atoms with Gasteiger partial charge in [-0.1, -0.05) is 42.8 Å². The predicted molar refractivity (Wildman–Crippen MR) is 135 cm³/mol. The molecule has 8 heteroatoms. The van der Waals surface area contributed by atoms with Crippen LogP contribution in [0.5, 0.6) is 0 Å². The van der Waals surface area contributed by atoms with Gasteiger partial charge < -0.3 is 4.90 Å². The lowest BCUT2D eigenvalue weighted by atomic mass is 10.0. The fourth-order valence-electron chi connectivity index (χ4n) is 4.51. The lowest BCUT2D eigenvalue weighted by Crippen LogP contribution is -2.36. The maximum atomic E-state index is 13.5. The van der Waals surface area contributed by atoms with Gasteiger partial charge in [-0.25, -0.2) is 4.39 Å². The van der Waals surface area contributed by atoms with Crippen LogP contribution < -0.4 is 0 Å². The Hall–Kier alpha value is -3.52. The van der Waals surface area contributed by atoms with Crippen molar-refractivity contribution in [2.75, 3.05) is 12.3 Å². The van der Waals surface area contributed by atoms with Crippen LogP contribution in [-0.4, -0.2) is 42.9 Å². The van der Waals surface area contributed by atoms with Gasteiger partial charge in [0.1, 0.15) is 5.82 Å². The molecule has 1 amide bonds. The minimum absolute atomic E-state index is 0.0652. The summed E-state index contributed by atoms with van der Waals surface area (Å²) in [5.74, 6) is 0.650. The number of aromatic nitrogens is 4. The van der Waals surface area contributed by atoms with Crippen molar-refractivity contribution in [3.8, 4) is 17.1 Å². The third-order valence-corrected chi connectivity index (χ3v) is 7.15. The molecule has 35 heavy (non-hydrogen) atoms. The lowest BCUT2D eigenvalue weighted by Gasteiger charge is -2.30. The Balaban J connectivity index is 1.41. The molecule has 1 aliphatic rings. The number of hydrogen-bond donors (Lipinski definition) is 0. The lowest BCUT2D eigenvalue weighted by molar-refractivity contribution is -0.130. The van der Waals surface area contributed by atoms with Crippen LogP contribution in [0.15, 0.2) is 84.3 Å². The van der Waals surface area contributed by atoms with Crippen molar-refractivity contribution in [2.24, 2.45) is 0 Å². The first-order chi connectivity index (χ1) is 17.2. The number of para-hydroxylation sites is 1. The third kappa shape index (κ3) is 5.27. The van der Waals surface area contributed by atoms with Crippen molar-refractivity contribution in [1.29, 1.82) is 0 Å². The minimum Gasteiger partial charge on any atom is -0.335 e. The molecule has 1 aliphatic heterocycles. The second-order valence-corrected chi connectivity index (χ2v) is 9.45. The minimum atomic E-state index is -0.305. The van der Waals surface area contributed by atoms with E-state index in [2.05, 4.69) is 15.2 Å². The van der Waals surface area contributed by atoms with Gasteiger partial charge in [-0.05, 0) is 66.9 Å². The molecule has 0 bridgehead atoms. The molecule has 6 nitrogen and oxygen atoms in total. The number of carbonyl (C=O) groups excluding carboxylic acids is 1. The molecular weight excluding hydrogens is 461 g/mol. The van der Waals surface area contributed by atoms with E-state index >= 15 is 0 Å². The van der Waals surface area contributed by atoms with E-state index in [1.807, 2.05) is 51.9 Å². The van der Waals surface area contributed by atoms with Gasteiger partial charge in [0.2, 0.25) is 5.91 Å². The van der Waals surface area contributed by atoms with E-state index in [0.717, 1.165) is 49.0 Å². The van der Waals surface area contributed by atoms with E-state index in [1.54, 1.807) is 24.5 Å². The average Bonchev–Trinajstić information content (AvgIpc) is 3.17. The number of rotatable bonds is 6. The number of thioether (sulfide) groups is 1. The Kier molecular flexibility index (Phi) is 7.18. The van der Waals surface area contributed by atoms with Crippen molar-refractivity contribution in [3.63, 3.8) is 0 Å². The molecule has 4 aromatic rings. The summed E-state index contributed by atoms with van der Waals surface area (Å²) in [4.78, 5) is 19.6. The standard InChI is InChI=1S/C27H26FN5OS/c28-22-12-10-21(11-13-22)26-30-31-27(33(26)23-7-3-1-4-8-23)35-19-25(34)32-18-6-2-5-9-24(32)20-14-16-29-17-15-20/h1,3-4,7-8,10-17,24H,2,5-6,9,18-19H2. The Labute approximate surface area is 208 Å². The van der Waals surface area contributed by atoms with Gasteiger partial charge in [0.25, 0.3) is 0 Å². The molecule has 0 saturated carbocycles. The third-order valence-electron chi connectivity index (χ3n) is 6.24. The number of pyridine rings is 1. The number of likely N-dealkylation sites (tertiary alicyclic amines) is 1. The number of carbonyl (C=O) groups is 1. The first-order valence-corrected chi connectivity index (χ1v) is 12.8. The Morgan fingerprint density at radius 2 is 1.71 bits per heavy atom. The molecule has 2 aromatic heterocycles. The van der Waals surface area contributed by atoms with Gasteiger partial charge in [0.05, 0.1) is 11.8 Å². The van der Waals surface area contributed by atoms with Crippen molar-refractivity contribution in [3.05, 3.63) is 90.5 Å². The molecular formula is C27H26FN5OS. The fraction of sp³-hybridized carbons (Fsp3) is 0.259. The van der Waals surface area contributed by atoms with Crippen molar-refractivity contribution >= 4 is 17.7 Å². The van der Waals surface area contributed by atoms with Crippen LogP contribution in [0.3, 0.4) is 0 Å². The molecule has 1 saturated heterocycles. The largest absolute Gasteiger partial charge is 0.335 e. The maximum absolute atomic E-state index is 13.5. The Morgan fingerprint density at radius 3 is 2.49 bits per heavy atom. The molecule has 1 fully saturated rings. The van der Waals surface area contributed by atoms with Crippen LogP contribution in [0.25, 0.3) is 17.1 Å². The molecule has 2 aromatic carbocycles. The highest BCUT2D eigenvalue weighted by Crippen LogP contribution is 2.32. The molecule has 1 unspecified atom stereocenters. The number of hydrogen-bond acceptors (Lipinski definition) is 5. The van der Waals surface area contributed by atoms with Crippen LogP contribution in [0.4, 0.5) is 4.39 Å². The first kappa shape index (κ1) is 23.2. The first-order valence-electron chi connectivity index (χ1n) is 11.8. The van der Waals surface area contributed by atoms with Crippen LogP contribution in [-0.2, 0) is 4.79 Å². The second kappa shape index (κ2) is 10.8. The quantitative estimate of drug-likeness (QED) is 0.326. The molecule has 178 valence electrons. The number of benzene rings is 2. The van der Waals surface area contributed by atoms with Crippen LogP contribution in [0.2, 0.25) is 0 Å². The van der Waals surface area contributed by atoms with Crippen LogP contribution >= 0.6 is 11.8 Å². The highest BCUT2D eigenvalue weighted by Gasteiger charge is 2.27. The van der Waals surface area contributed by atoms with Crippen molar-refractivity contribution < 1.29 is 9.18 Å². The van der Waals surface area contributed by atoms with Gasteiger partial charge in [-0.15, -0.1) is 10.2 Å². The van der Waals surface area contributed by atoms with E-state index < -0.39 is 0 Å². The molecule has 0 aliphatic carbocycles. The maximum Gasteiger partial charge on any atom is 0.233 e. The number of halogens is 1. The van der Waals surface area contributed by atoms with E-state index in [-0.39, 0.29) is 23.5 Å². The van der Waals surface area contributed by atoms with Crippen LogP contribution in [0.1, 0.15) is 37.3 Å². The number of amides is 1. The van der Waals surface area contributed by atoms with E-state index in [4.69, 9.17) is 0 Å². The summed E-state index contributed by atoms with van der Waals surface area (Å²) < 4.78 is 15.4. The Morgan fingerprint density at radius 1 is 0.943 bits per heavy atom. The van der Waals surface area contributed by atoms with Crippen molar-refractivity contribution in [1.82, 2.24) is 24.6 Å². The average molecular weight is 488 g/mol. The summed E-state index contributed by atoms with van der Waals surface area (Å²) in [5, 5.41) is 9.43. The summed E-state index contributed by atoms with van der Waals surface area (Å²) in [6.45, 7) is 0.749. The second-order valence-electron chi connectivity index (χ2n) is 8.51. The van der Waals surface area contributed by atoms with Gasteiger partial charge >= 0.3 is 0 Å². The molecule has 0 spiro atoms. The summed E-state index contributed by atoms with van der Waals surface area (Å²) in [6.07, 6.45) is 7.77. The van der Waals surface area contributed by atoms with E-state index in [1.165, 1.54) is 23.9 Å². The summed E-state index contributed by atoms with van der Waals surface area (Å²) in [6, 6.07) is 20.0. The summed E-state index contributed by atoms with van der Waals surface area (Å²) in [7, 11) is 0. The fourth-order valence-corrected chi connectivity index (χ4v) is 5.35. The topological polar surface area (TPSA) is 63.9 Å². The normalized spacial score (nSPS) is 16.1. The SMILES string of the molecule is O=C(CSc1nnc(-c2ccc(F)cc2)n1-c1ccccc1)N1CCCCCC1c1ccncc1. The van der Waals surface area contributed by atoms with Gasteiger partial charge in [-0.3, -0.25) is 14.3 Å². The van der Waals surface area contributed by atoms with Crippen LogP contribution in [0, 0.1) is 5.82 Å². The highest BCUT2D eigenvalue weighted by molar-refractivity contribution is 7.99. The van der Waals surface area contributed by atoms with Gasteiger partial charge in [-0.2, -0.15) is 0 Å². The van der Waals surface area contributed by atoms with Gasteiger partial charge in [0, 0.05) is 30.2 Å². The molecule has 0 radical (unpaired) electrons.